The summed E-state index contributed by atoms with van der Waals surface area (Å²) in [5.41, 5.74) is 3.39. The van der Waals surface area contributed by atoms with Crippen molar-refractivity contribution < 1.29 is 12.8 Å². The largest absolute Gasteiger partial charge is 0.300 e. The van der Waals surface area contributed by atoms with Crippen LogP contribution in [-0.2, 0) is 10.0 Å². The lowest BCUT2D eigenvalue weighted by atomic mass is 10.1. The van der Waals surface area contributed by atoms with E-state index in [1.807, 2.05) is 35.8 Å². The molecule has 0 fully saturated rings. The van der Waals surface area contributed by atoms with E-state index >= 15 is 0 Å². The number of halogens is 1. The van der Waals surface area contributed by atoms with Crippen LogP contribution in [0.4, 0.5) is 10.3 Å². The highest BCUT2D eigenvalue weighted by Crippen LogP contribution is 2.40. The van der Waals surface area contributed by atoms with Crippen molar-refractivity contribution in [2.45, 2.75) is 17.9 Å². The molecule has 1 atom stereocenters. The standard InChI is InChI=1S/C22H18FN3O2S/c1-15-6-12-18(13-7-15)29(27,28)25-14-21(16-8-10-17(23)11-9-16)26-20-5-3-2-4-19(20)24-22(25)26/h2-13,21H,14H2,1H3. The molecule has 0 radical (unpaired) electrons. The molecule has 5 rings (SSSR count). The number of hydrogen-bond acceptors (Lipinski definition) is 3. The Balaban J connectivity index is 1.69. The minimum Gasteiger partial charge on any atom is -0.300 e. The van der Waals surface area contributed by atoms with Gasteiger partial charge in [-0.1, -0.05) is 42.0 Å². The lowest BCUT2D eigenvalue weighted by Crippen LogP contribution is -2.30. The summed E-state index contributed by atoms with van der Waals surface area (Å²) in [6.45, 7) is 2.12. The Bertz CT molecular complexity index is 1310. The highest BCUT2D eigenvalue weighted by Gasteiger charge is 2.39. The summed E-state index contributed by atoms with van der Waals surface area (Å²) in [6.07, 6.45) is 0. The van der Waals surface area contributed by atoms with E-state index in [0.29, 0.717) is 5.95 Å². The number of fused-ring (bicyclic) bond motifs is 3. The molecule has 5 nitrogen and oxygen atoms in total. The molecule has 3 aromatic carbocycles. The van der Waals surface area contributed by atoms with Crippen molar-refractivity contribution in [3.8, 4) is 0 Å². The van der Waals surface area contributed by atoms with Gasteiger partial charge in [0.15, 0.2) is 0 Å². The number of nitrogens with zero attached hydrogens (tertiary/aromatic N) is 3. The number of hydrogen-bond donors (Lipinski definition) is 0. The van der Waals surface area contributed by atoms with Crippen LogP contribution in [0.3, 0.4) is 0 Å². The van der Waals surface area contributed by atoms with E-state index in [9.17, 15) is 12.8 Å². The van der Waals surface area contributed by atoms with Crippen LogP contribution in [0, 0.1) is 12.7 Å². The highest BCUT2D eigenvalue weighted by atomic mass is 32.2. The number of para-hydroxylation sites is 2. The molecule has 1 aliphatic rings. The third-order valence-corrected chi connectivity index (χ3v) is 7.07. The molecule has 146 valence electrons. The van der Waals surface area contributed by atoms with Gasteiger partial charge in [-0.2, -0.15) is 0 Å². The van der Waals surface area contributed by atoms with E-state index in [2.05, 4.69) is 4.98 Å². The summed E-state index contributed by atoms with van der Waals surface area (Å²) >= 11 is 0. The summed E-state index contributed by atoms with van der Waals surface area (Å²) in [7, 11) is -3.79. The van der Waals surface area contributed by atoms with Crippen LogP contribution in [-0.4, -0.2) is 24.5 Å². The number of sulfonamides is 1. The van der Waals surface area contributed by atoms with Gasteiger partial charge in [0.05, 0.1) is 28.5 Å². The number of aromatic nitrogens is 2. The van der Waals surface area contributed by atoms with E-state index in [0.717, 1.165) is 22.2 Å². The van der Waals surface area contributed by atoms with Gasteiger partial charge in [-0.15, -0.1) is 0 Å². The molecular formula is C22H18FN3O2S. The van der Waals surface area contributed by atoms with Gasteiger partial charge in [0.2, 0.25) is 5.95 Å². The van der Waals surface area contributed by atoms with Gasteiger partial charge >= 0.3 is 0 Å². The molecule has 1 aromatic heterocycles. The number of anilines is 1. The third-order valence-electron chi connectivity index (χ3n) is 5.31. The predicted molar refractivity (Wildman–Crippen MR) is 110 cm³/mol. The lowest BCUT2D eigenvalue weighted by molar-refractivity contribution is 0.589. The minimum atomic E-state index is -3.79. The first-order valence-electron chi connectivity index (χ1n) is 9.27. The van der Waals surface area contributed by atoms with Gasteiger partial charge in [-0.3, -0.25) is 4.57 Å². The minimum absolute atomic E-state index is 0.203. The van der Waals surface area contributed by atoms with E-state index < -0.39 is 10.0 Å². The van der Waals surface area contributed by atoms with E-state index in [4.69, 9.17) is 0 Å². The second-order valence-electron chi connectivity index (χ2n) is 7.19. The Labute approximate surface area is 168 Å². The number of benzene rings is 3. The average Bonchev–Trinajstić information content (AvgIpc) is 3.26. The van der Waals surface area contributed by atoms with Gasteiger partial charge in [-0.05, 0) is 48.9 Å². The SMILES string of the molecule is Cc1ccc(S(=O)(=O)N2CC(c3ccc(F)cc3)n3c2nc2ccccc23)cc1. The monoisotopic (exact) mass is 407 g/mol. The lowest BCUT2D eigenvalue weighted by Gasteiger charge is -2.18. The van der Waals surface area contributed by atoms with Gasteiger partial charge in [0.25, 0.3) is 10.0 Å². The van der Waals surface area contributed by atoms with Crippen LogP contribution in [0.25, 0.3) is 11.0 Å². The zero-order chi connectivity index (χ0) is 20.2. The fourth-order valence-corrected chi connectivity index (χ4v) is 5.23. The van der Waals surface area contributed by atoms with Crippen molar-refractivity contribution in [3.05, 3.63) is 89.7 Å². The Morgan fingerprint density at radius 3 is 2.38 bits per heavy atom. The zero-order valence-corrected chi connectivity index (χ0v) is 16.5. The second-order valence-corrected chi connectivity index (χ2v) is 9.05. The van der Waals surface area contributed by atoms with E-state index in [-0.39, 0.29) is 23.3 Å². The van der Waals surface area contributed by atoms with Crippen molar-refractivity contribution in [3.63, 3.8) is 0 Å². The van der Waals surface area contributed by atoms with Crippen LogP contribution in [0.1, 0.15) is 17.2 Å². The van der Waals surface area contributed by atoms with Crippen molar-refractivity contribution in [2.24, 2.45) is 0 Å². The van der Waals surface area contributed by atoms with Gasteiger partial charge in [0.1, 0.15) is 5.82 Å². The Hall–Kier alpha value is -3.19. The number of rotatable bonds is 3. The summed E-state index contributed by atoms with van der Waals surface area (Å²) in [6, 6.07) is 20.2. The number of imidazole rings is 1. The summed E-state index contributed by atoms with van der Waals surface area (Å²) in [5.74, 6) is 0.0488. The van der Waals surface area contributed by atoms with Crippen LogP contribution >= 0.6 is 0 Å². The molecule has 1 aliphatic heterocycles. The Kier molecular flexibility index (Phi) is 3.96. The molecule has 0 amide bonds. The van der Waals surface area contributed by atoms with Gasteiger partial charge in [-0.25, -0.2) is 22.1 Å². The van der Waals surface area contributed by atoms with Crippen molar-refractivity contribution in [2.75, 3.05) is 10.8 Å². The van der Waals surface area contributed by atoms with Crippen LogP contribution in [0.2, 0.25) is 0 Å². The molecular weight excluding hydrogens is 389 g/mol. The zero-order valence-electron chi connectivity index (χ0n) is 15.7. The summed E-state index contributed by atoms with van der Waals surface area (Å²) < 4.78 is 43.6. The molecule has 0 saturated carbocycles. The summed E-state index contributed by atoms with van der Waals surface area (Å²) in [5, 5.41) is 0. The van der Waals surface area contributed by atoms with Crippen molar-refractivity contribution >= 4 is 27.0 Å². The molecule has 2 heterocycles. The summed E-state index contributed by atoms with van der Waals surface area (Å²) in [4.78, 5) is 4.84. The highest BCUT2D eigenvalue weighted by molar-refractivity contribution is 7.92. The van der Waals surface area contributed by atoms with E-state index in [1.54, 1.807) is 36.4 Å². The van der Waals surface area contributed by atoms with Crippen LogP contribution < -0.4 is 4.31 Å². The third kappa shape index (κ3) is 2.81. The van der Waals surface area contributed by atoms with Crippen molar-refractivity contribution in [1.29, 1.82) is 0 Å². The van der Waals surface area contributed by atoms with Crippen LogP contribution in [0.5, 0.6) is 0 Å². The molecule has 7 heteroatoms. The smallest absolute Gasteiger partial charge is 0.266 e. The number of aryl methyl sites for hydroxylation is 1. The van der Waals surface area contributed by atoms with Crippen molar-refractivity contribution in [1.82, 2.24) is 9.55 Å². The molecule has 0 N–H and O–H groups in total. The topological polar surface area (TPSA) is 55.2 Å². The van der Waals surface area contributed by atoms with Crippen LogP contribution in [0.15, 0.2) is 77.7 Å². The maximum absolute atomic E-state index is 13.5. The molecule has 0 bridgehead atoms. The van der Waals surface area contributed by atoms with Gasteiger partial charge < -0.3 is 0 Å². The fraction of sp³-hybridized carbons (Fsp3) is 0.136. The Morgan fingerprint density at radius 1 is 0.966 bits per heavy atom. The quantitative estimate of drug-likeness (QED) is 0.509. The molecule has 29 heavy (non-hydrogen) atoms. The molecule has 0 aliphatic carbocycles. The normalized spacial score (nSPS) is 16.3. The molecule has 4 aromatic rings. The predicted octanol–water partition coefficient (Wildman–Crippen LogP) is 4.28. The maximum Gasteiger partial charge on any atom is 0.266 e. The second kappa shape index (κ2) is 6.42. The van der Waals surface area contributed by atoms with E-state index in [1.165, 1.54) is 16.4 Å². The molecule has 1 unspecified atom stereocenters. The molecule has 0 saturated heterocycles. The Morgan fingerprint density at radius 2 is 1.66 bits per heavy atom. The first-order valence-corrected chi connectivity index (χ1v) is 10.7. The first-order chi connectivity index (χ1) is 13.9. The fourth-order valence-electron chi connectivity index (χ4n) is 3.82. The van der Waals surface area contributed by atoms with Gasteiger partial charge in [0, 0.05) is 0 Å². The average molecular weight is 407 g/mol. The molecule has 0 spiro atoms. The maximum atomic E-state index is 13.5. The first kappa shape index (κ1) is 17.9.